The summed E-state index contributed by atoms with van der Waals surface area (Å²) in [5.41, 5.74) is 1.55. The lowest BCUT2D eigenvalue weighted by molar-refractivity contribution is -0.140. The summed E-state index contributed by atoms with van der Waals surface area (Å²) in [6.45, 7) is 2.43. The van der Waals surface area contributed by atoms with Crippen LogP contribution in [0.5, 0.6) is 0 Å². The average molecular weight is 337 g/mol. The van der Waals surface area contributed by atoms with Crippen molar-refractivity contribution in [3.05, 3.63) is 54.1 Å². The fraction of sp³-hybridized carbons (Fsp3) is 0.389. The van der Waals surface area contributed by atoms with E-state index in [9.17, 15) is 9.59 Å². The maximum atomic E-state index is 12.9. The van der Waals surface area contributed by atoms with E-state index in [4.69, 9.17) is 0 Å². The molecular formula is C18H19N5O2. The van der Waals surface area contributed by atoms with Gasteiger partial charge in [0.05, 0.1) is 23.9 Å². The van der Waals surface area contributed by atoms with Crippen LogP contribution in [0.2, 0.25) is 0 Å². The van der Waals surface area contributed by atoms with E-state index in [1.165, 1.54) is 12.4 Å². The van der Waals surface area contributed by atoms with Gasteiger partial charge in [-0.15, -0.1) is 0 Å². The Balaban J connectivity index is 1.44. The van der Waals surface area contributed by atoms with Gasteiger partial charge in [-0.25, -0.2) is 0 Å². The normalized spacial score (nSPS) is 22.8. The highest BCUT2D eigenvalue weighted by Crippen LogP contribution is 2.33. The number of hydrogen-bond donors (Lipinski definition) is 0. The number of hydrogen-bond acceptors (Lipinski definition) is 5. The summed E-state index contributed by atoms with van der Waals surface area (Å²) in [4.78, 5) is 33.2. The second-order valence-electron chi connectivity index (χ2n) is 6.62. The Labute approximate surface area is 145 Å². The molecule has 0 radical (unpaired) electrons. The number of likely N-dealkylation sites (tertiary alicyclic amines) is 2. The molecule has 2 aromatic heterocycles. The van der Waals surface area contributed by atoms with E-state index in [1.807, 2.05) is 17.0 Å². The summed E-state index contributed by atoms with van der Waals surface area (Å²) in [5.74, 6) is 0.208. The number of carbonyl (C=O) groups is 2. The van der Waals surface area contributed by atoms with Crippen molar-refractivity contribution >= 4 is 11.8 Å². The average Bonchev–Trinajstić information content (AvgIpc) is 3.10. The number of fused-ring (bicyclic) bond motifs is 1. The standard InChI is InChI=1S/C18H19N5O2/c24-17(14-3-6-20-21-9-14)23-11-15-4-7-22(18(25)16(15)12-23)10-13-2-1-5-19-8-13/h1-3,5-6,8-9,15-16H,4,7,10-12H2. The highest BCUT2D eigenvalue weighted by molar-refractivity contribution is 5.94. The molecule has 2 atom stereocenters. The van der Waals surface area contributed by atoms with Gasteiger partial charge in [-0.1, -0.05) is 6.07 Å². The SMILES string of the molecule is O=C(c1ccnnc1)N1CC2CCN(Cc3cccnc3)C(=O)C2C1. The zero-order valence-electron chi connectivity index (χ0n) is 13.8. The van der Waals surface area contributed by atoms with Gasteiger partial charge in [0.1, 0.15) is 0 Å². The molecule has 25 heavy (non-hydrogen) atoms. The number of piperidine rings is 1. The first kappa shape index (κ1) is 15.7. The van der Waals surface area contributed by atoms with Crippen molar-refractivity contribution in [1.29, 1.82) is 0 Å². The van der Waals surface area contributed by atoms with Crippen molar-refractivity contribution in [3.8, 4) is 0 Å². The number of aromatic nitrogens is 3. The smallest absolute Gasteiger partial charge is 0.255 e. The number of pyridine rings is 1. The third-order valence-corrected chi connectivity index (χ3v) is 5.05. The molecule has 0 spiro atoms. The minimum atomic E-state index is -0.107. The van der Waals surface area contributed by atoms with Crippen molar-refractivity contribution in [2.75, 3.05) is 19.6 Å². The second kappa shape index (κ2) is 6.58. The van der Waals surface area contributed by atoms with Crippen LogP contribution >= 0.6 is 0 Å². The summed E-state index contributed by atoms with van der Waals surface area (Å²) in [7, 11) is 0. The topological polar surface area (TPSA) is 79.3 Å². The Morgan fingerprint density at radius 2 is 2.08 bits per heavy atom. The summed E-state index contributed by atoms with van der Waals surface area (Å²) in [5, 5.41) is 7.47. The molecule has 2 amide bonds. The van der Waals surface area contributed by atoms with Gasteiger partial charge in [-0.2, -0.15) is 10.2 Å². The molecule has 7 heteroatoms. The molecule has 2 aliphatic rings. The van der Waals surface area contributed by atoms with E-state index in [1.54, 1.807) is 23.4 Å². The molecule has 4 heterocycles. The van der Waals surface area contributed by atoms with E-state index in [2.05, 4.69) is 15.2 Å². The van der Waals surface area contributed by atoms with Crippen molar-refractivity contribution in [1.82, 2.24) is 25.0 Å². The van der Waals surface area contributed by atoms with E-state index in [-0.39, 0.29) is 23.7 Å². The lowest BCUT2D eigenvalue weighted by Gasteiger charge is -2.33. The zero-order chi connectivity index (χ0) is 17.2. The summed E-state index contributed by atoms with van der Waals surface area (Å²) < 4.78 is 0. The number of rotatable bonds is 3. The molecule has 2 fully saturated rings. The first-order chi connectivity index (χ1) is 12.2. The quantitative estimate of drug-likeness (QED) is 0.834. The van der Waals surface area contributed by atoms with Gasteiger partial charge in [0.25, 0.3) is 5.91 Å². The van der Waals surface area contributed by atoms with Gasteiger partial charge in [-0.05, 0) is 30.0 Å². The molecule has 0 saturated carbocycles. The van der Waals surface area contributed by atoms with Crippen LogP contribution in [0.25, 0.3) is 0 Å². The fourth-order valence-corrected chi connectivity index (χ4v) is 3.74. The third kappa shape index (κ3) is 3.09. The molecule has 2 saturated heterocycles. The maximum absolute atomic E-state index is 12.9. The monoisotopic (exact) mass is 337 g/mol. The molecule has 7 nitrogen and oxygen atoms in total. The summed E-state index contributed by atoms with van der Waals surface area (Å²) in [6.07, 6.45) is 7.43. The molecule has 0 aliphatic carbocycles. The van der Waals surface area contributed by atoms with Crippen LogP contribution in [0, 0.1) is 11.8 Å². The molecule has 0 bridgehead atoms. The Morgan fingerprint density at radius 3 is 2.84 bits per heavy atom. The number of amides is 2. The predicted molar refractivity (Wildman–Crippen MR) is 89.2 cm³/mol. The van der Waals surface area contributed by atoms with Crippen LogP contribution in [0.4, 0.5) is 0 Å². The predicted octanol–water partition coefficient (Wildman–Crippen LogP) is 0.992. The van der Waals surface area contributed by atoms with Gasteiger partial charge in [0.2, 0.25) is 5.91 Å². The van der Waals surface area contributed by atoms with Crippen LogP contribution in [0.15, 0.2) is 43.0 Å². The Hall–Kier alpha value is -2.83. The largest absolute Gasteiger partial charge is 0.338 e. The van der Waals surface area contributed by atoms with Crippen LogP contribution < -0.4 is 0 Å². The van der Waals surface area contributed by atoms with Gasteiger partial charge >= 0.3 is 0 Å². The van der Waals surface area contributed by atoms with Gasteiger partial charge in [0.15, 0.2) is 0 Å². The van der Waals surface area contributed by atoms with Gasteiger partial charge in [-0.3, -0.25) is 14.6 Å². The lowest BCUT2D eigenvalue weighted by atomic mass is 9.88. The molecule has 2 aliphatic heterocycles. The minimum absolute atomic E-state index is 0.0732. The van der Waals surface area contributed by atoms with Gasteiger partial charge < -0.3 is 9.80 Å². The van der Waals surface area contributed by atoms with E-state index in [0.717, 1.165) is 18.5 Å². The van der Waals surface area contributed by atoms with Crippen LogP contribution in [-0.4, -0.2) is 56.4 Å². The van der Waals surface area contributed by atoms with Crippen LogP contribution in [0.3, 0.4) is 0 Å². The molecule has 128 valence electrons. The lowest BCUT2D eigenvalue weighted by Crippen LogP contribution is -2.44. The van der Waals surface area contributed by atoms with E-state index < -0.39 is 0 Å². The van der Waals surface area contributed by atoms with Crippen molar-refractivity contribution in [2.45, 2.75) is 13.0 Å². The molecule has 2 aromatic rings. The summed E-state index contributed by atoms with van der Waals surface area (Å²) >= 11 is 0. The molecule has 4 rings (SSSR count). The van der Waals surface area contributed by atoms with Crippen molar-refractivity contribution in [2.24, 2.45) is 11.8 Å². The fourth-order valence-electron chi connectivity index (χ4n) is 3.74. The molecule has 0 aromatic carbocycles. The summed E-state index contributed by atoms with van der Waals surface area (Å²) in [6, 6.07) is 5.52. The highest BCUT2D eigenvalue weighted by Gasteiger charge is 2.44. The molecular weight excluding hydrogens is 318 g/mol. The third-order valence-electron chi connectivity index (χ3n) is 5.05. The number of nitrogens with zero attached hydrogens (tertiary/aromatic N) is 5. The highest BCUT2D eigenvalue weighted by atomic mass is 16.2. The second-order valence-corrected chi connectivity index (χ2v) is 6.62. The van der Waals surface area contributed by atoms with Crippen molar-refractivity contribution in [3.63, 3.8) is 0 Å². The minimum Gasteiger partial charge on any atom is -0.338 e. The van der Waals surface area contributed by atoms with Crippen LogP contribution in [0.1, 0.15) is 22.3 Å². The Morgan fingerprint density at radius 1 is 1.16 bits per heavy atom. The molecule has 2 unspecified atom stereocenters. The van der Waals surface area contributed by atoms with Crippen molar-refractivity contribution < 1.29 is 9.59 Å². The maximum Gasteiger partial charge on any atom is 0.255 e. The first-order valence-corrected chi connectivity index (χ1v) is 8.46. The van der Waals surface area contributed by atoms with Crippen LogP contribution in [-0.2, 0) is 11.3 Å². The Kier molecular flexibility index (Phi) is 4.13. The zero-order valence-corrected chi connectivity index (χ0v) is 13.8. The first-order valence-electron chi connectivity index (χ1n) is 8.46. The van der Waals surface area contributed by atoms with E-state index >= 15 is 0 Å². The Bertz CT molecular complexity index is 768. The van der Waals surface area contributed by atoms with E-state index in [0.29, 0.717) is 25.2 Å². The van der Waals surface area contributed by atoms with Gasteiger partial charge in [0, 0.05) is 38.6 Å². The number of carbonyl (C=O) groups excluding carboxylic acids is 2. The molecule has 0 N–H and O–H groups in total.